The Hall–Kier alpha value is -1.96. The number of benzene rings is 1. The first-order valence-corrected chi connectivity index (χ1v) is 11.7. The number of hydrogen-bond donors (Lipinski definition) is 2. The van der Waals surface area contributed by atoms with Gasteiger partial charge in [0.2, 0.25) is 0 Å². The molecule has 0 aliphatic heterocycles. The number of likely N-dealkylation sites (N-methyl/N-ethyl adjacent to an activating group) is 1. The average molecular weight is 575 g/mol. The predicted molar refractivity (Wildman–Crippen MR) is 136 cm³/mol. The molecule has 11 heteroatoms. The number of aliphatic imine (C=N–C) groups is 1. The zero-order valence-electron chi connectivity index (χ0n) is 17.6. The Bertz CT molecular complexity index is 1070. The van der Waals surface area contributed by atoms with Crippen LogP contribution in [-0.4, -0.2) is 67.8 Å². The van der Waals surface area contributed by atoms with E-state index in [0.717, 1.165) is 17.1 Å². The fourth-order valence-corrected chi connectivity index (χ4v) is 5.27. The third kappa shape index (κ3) is 6.51. The van der Waals surface area contributed by atoms with Crippen molar-refractivity contribution in [3.05, 3.63) is 59.9 Å². The van der Waals surface area contributed by atoms with E-state index in [9.17, 15) is 8.42 Å². The summed E-state index contributed by atoms with van der Waals surface area (Å²) >= 11 is 1.22. The lowest BCUT2D eigenvalue weighted by Gasteiger charge is -2.22. The lowest BCUT2D eigenvalue weighted by molar-refractivity contribution is 0.445. The van der Waals surface area contributed by atoms with Crippen LogP contribution < -0.4 is 5.32 Å². The third-order valence-corrected chi connectivity index (χ3v) is 7.77. The van der Waals surface area contributed by atoms with Crippen LogP contribution in [0.1, 0.15) is 5.82 Å². The third-order valence-electron chi connectivity index (χ3n) is 4.54. The molecule has 0 unspecified atom stereocenters. The van der Waals surface area contributed by atoms with Gasteiger partial charge in [-0.2, -0.15) is 4.31 Å². The Morgan fingerprint density at radius 1 is 1.19 bits per heavy atom. The molecule has 3 rings (SSSR count). The van der Waals surface area contributed by atoms with Crippen molar-refractivity contribution >= 4 is 51.3 Å². The fraction of sp³-hybridized carbons (Fsp3) is 0.300. The van der Waals surface area contributed by atoms with Crippen molar-refractivity contribution < 1.29 is 8.42 Å². The molecular weight excluding hydrogens is 547 g/mol. The zero-order valence-corrected chi connectivity index (χ0v) is 21.6. The van der Waals surface area contributed by atoms with E-state index in [-0.39, 0.29) is 24.0 Å². The van der Waals surface area contributed by atoms with Gasteiger partial charge in [0.25, 0.3) is 10.0 Å². The number of nitrogens with zero attached hydrogens (tertiary/aromatic N) is 4. The SMILES string of the molecule is CN=C(NCCN(C)S(=O)(=O)c1cccs1)N(C)Cc1ncc(-c2ccccc2)[nH]1.I. The molecule has 0 spiro atoms. The Labute approximate surface area is 204 Å². The lowest BCUT2D eigenvalue weighted by Crippen LogP contribution is -2.42. The molecule has 0 aliphatic rings. The van der Waals surface area contributed by atoms with Crippen LogP contribution in [-0.2, 0) is 16.6 Å². The van der Waals surface area contributed by atoms with Gasteiger partial charge < -0.3 is 15.2 Å². The number of H-pyrrole nitrogens is 1. The molecule has 0 bridgehead atoms. The molecule has 0 fully saturated rings. The highest BCUT2D eigenvalue weighted by Gasteiger charge is 2.21. The second-order valence-electron chi connectivity index (χ2n) is 6.70. The highest BCUT2D eigenvalue weighted by Crippen LogP contribution is 2.19. The fourth-order valence-electron chi connectivity index (χ4n) is 2.90. The molecule has 0 atom stereocenters. The van der Waals surface area contributed by atoms with Crippen molar-refractivity contribution in [2.45, 2.75) is 10.8 Å². The maximum Gasteiger partial charge on any atom is 0.252 e. The summed E-state index contributed by atoms with van der Waals surface area (Å²) in [5.41, 5.74) is 2.04. The van der Waals surface area contributed by atoms with Gasteiger partial charge >= 0.3 is 0 Å². The van der Waals surface area contributed by atoms with Crippen LogP contribution in [0.4, 0.5) is 0 Å². The molecule has 2 aromatic heterocycles. The standard InChI is InChI=1S/C20H26N6O2S2.HI/c1-21-20(22-11-12-26(3)30(27,28)19-10-7-13-29-19)25(2)15-18-23-14-17(24-18)16-8-5-4-6-9-16;/h4-10,13-14H,11-12,15H2,1-3H3,(H,21,22)(H,23,24);1H. The quantitative estimate of drug-likeness (QED) is 0.245. The van der Waals surface area contributed by atoms with Crippen molar-refractivity contribution in [2.24, 2.45) is 4.99 Å². The summed E-state index contributed by atoms with van der Waals surface area (Å²) in [6, 6.07) is 13.4. The molecule has 0 aliphatic carbocycles. The number of rotatable bonds is 8. The highest BCUT2D eigenvalue weighted by molar-refractivity contribution is 14.0. The van der Waals surface area contributed by atoms with Gasteiger partial charge in [0, 0.05) is 34.2 Å². The number of halogens is 1. The molecule has 0 saturated carbocycles. The highest BCUT2D eigenvalue weighted by atomic mass is 127. The Morgan fingerprint density at radius 2 is 1.94 bits per heavy atom. The predicted octanol–water partition coefficient (Wildman–Crippen LogP) is 3.08. The first-order valence-electron chi connectivity index (χ1n) is 9.42. The molecule has 168 valence electrons. The Balaban J connectivity index is 0.00000341. The van der Waals surface area contributed by atoms with Crippen LogP contribution >= 0.6 is 35.3 Å². The van der Waals surface area contributed by atoms with E-state index >= 15 is 0 Å². The number of thiophene rings is 1. The van der Waals surface area contributed by atoms with Crippen molar-refractivity contribution in [1.29, 1.82) is 0 Å². The van der Waals surface area contributed by atoms with Crippen molar-refractivity contribution in [3.63, 3.8) is 0 Å². The minimum atomic E-state index is -3.45. The Kier molecular flexibility index (Phi) is 9.47. The van der Waals surface area contributed by atoms with Gasteiger partial charge in [-0.3, -0.25) is 4.99 Å². The molecule has 3 aromatic rings. The maximum atomic E-state index is 12.5. The molecule has 0 amide bonds. The monoisotopic (exact) mass is 574 g/mol. The largest absolute Gasteiger partial charge is 0.355 e. The lowest BCUT2D eigenvalue weighted by atomic mass is 10.2. The number of aromatic nitrogens is 2. The number of guanidine groups is 1. The van der Waals surface area contributed by atoms with Crippen molar-refractivity contribution in [3.8, 4) is 11.3 Å². The number of sulfonamides is 1. The maximum absolute atomic E-state index is 12.5. The molecule has 1 aromatic carbocycles. The van der Waals surface area contributed by atoms with E-state index in [2.05, 4.69) is 20.3 Å². The van der Waals surface area contributed by atoms with Gasteiger partial charge in [0.05, 0.1) is 18.4 Å². The molecule has 2 heterocycles. The summed E-state index contributed by atoms with van der Waals surface area (Å²) in [6.07, 6.45) is 1.82. The van der Waals surface area contributed by atoms with Crippen LogP contribution in [0.5, 0.6) is 0 Å². The van der Waals surface area contributed by atoms with Gasteiger partial charge in [-0.25, -0.2) is 13.4 Å². The van der Waals surface area contributed by atoms with Crippen molar-refractivity contribution in [1.82, 2.24) is 24.5 Å². The van der Waals surface area contributed by atoms with Crippen molar-refractivity contribution in [2.75, 3.05) is 34.2 Å². The summed E-state index contributed by atoms with van der Waals surface area (Å²) in [6.45, 7) is 1.30. The number of aromatic amines is 1. The Morgan fingerprint density at radius 3 is 2.58 bits per heavy atom. The number of nitrogens with one attached hydrogen (secondary N) is 2. The molecule has 2 N–H and O–H groups in total. The molecular formula is C20H27IN6O2S2. The van der Waals surface area contributed by atoms with Crippen LogP contribution in [0.2, 0.25) is 0 Å². The van der Waals surface area contributed by atoms with Crippen LogP contribution in [0.15, 0.2) is 63.2 Å². The average Bonchev–Trinajstić information content (AvgIpc) is 3.44. The molecule has 8 nitrogen and oxygen atoms in total. The second kappa shape index (κ2) is 11.6. The van der Waals surface area contributed by atoms with E-state index in [1.165, 1.54) is 15.6 Å². The topological polar surface area (TPSA) is 93.7 Å². The molecule has 0 radical (unpaired) electrons. The van der Waals surface area contributed by atoms with E-state index in [1.54, 1.807) is 31.6 Å². The summed E-state index contributed by atoms with van der Waals surface area (Å²) in [5, 5.41) is 4.97. The van der Waals surface area contributed by atoms with E-state index in [4.69, 9.17) is 0 Å². The summed E-state index contributed by atoms with van der Waals surface area (Å²) in [4.78, 5) is 14.0. The summed E-state index contributed by atoms with van der Waals surface area (Å²) in [7, 11) is 1.74. The zero-order chi connectivity index (χ0) is 21.6. The first-order chi connectivity index (χ1) is 14.4. The smallest absolute Gasteiger partial charge is 0.252 e. The van der Waals surface area contributed by atoms with Gasteiger partial charge in [0.15, 0.2) is 5.96 Å². The van der Waals surface area contributed by atoms with Gasteiger partial charge in [0.1, 0.15) is 10.0 Å². The van der Waals surface area contributed by atoms with E-state index in [0.29, 0.717) is 29.8 Å². The normalized spacial score (nSPS) is 11.9. The minimum absolute atomic E-state index is 0. The number of imidazole rings is 1. The van der Waals surface area contributed by atoms with Gasteiger partial charge in [-0.1, -0.05) is 36.4 Å². The van der Waals surface area contributed by atoms with Crippen LogP contribution in [0.3, 0.4) is 0 Å². The second-order valence-corrected chi connectivity index (χ2v) is 9.92. The minimum Gasteiger partial charge on any atom is -0.355 e. The number of hydrogen-bond acceptors (Lipinski definition) is 5. The summed E-state index contributed by atoms with van der Waals surface area (Å²) < 4.78 is 26.7. The summed E-state index contributed by atoms with van der Waals surface area (Å²) in [5.74, 6) is 1.48. The van der Waals surface area contributed by atoms with Gasteiger partial charge in [-0.05, 0) is 17.0 Å². The molecule has 31 heavy (non-hydrogen) atoms. The van der Waals surface area contributed by atoms with Gasteiger partial charge in [-0.15, -0.1) is 35.3 Å². The van der Waals surface area contributed by atoms with E-state index in [1.807, 2.05) is 48.5 Å². The first kappa shape index (κ1) is 25.3. The molecule has 0 saturated heterocycles. The van der Waals surface area contributed by atoms with E-state index < -0.39 is 10.0 Å². The van der Waals surface area contributed by atoms with Crippen LogP contribution in [0, 0.1) is 0 Å². The van der Waals surface area contributed by atoms with Crippen LogP contribution in [0.25, 0.3) is 11.3 Å².